The summed E-state index contributed by atoms with van der Waals surface area (Å²) in [5.74, 6) is -0.0682. The fourth-order valence-electron chi connectivity index (χ4n) is 1.67. The van der Waals surface area contributed by atoms with E-state index in [1.54, 1.807) is 11.8 Å². The molecule has 0 aromatic heterocycles. The van der Waals surface area contributed by atoms with Gasteiger partial charge in [0.1, 0.15) is 0 Å². The second-order valence-corrected chi connectivity index (χ2v) is 5.27. The van der Waals surface area contributed by atoms with E-state index in [2.05, 4.69) is 10.6 Å². The highest BCUT2D eigenvalue weighted by Crippen LogP contribution is 2.34. The van der Waals surface area contributed by atoms with Crippen LogP contribution >= 0.6 is 11.8 Å². The zero-order valence-electron chi connectivity index (χ0n) is 9.53. The lowest BCUT2D eigenvalue weighted by atomic mass is 10.2. The Bertz CT molecular complexity index is 448. The van der Waals surface area contributed by atoms with E-state index in [1.165, 1.54) is 6.92 Å². The first-order valence-corrected chi connectivity index (χ1v) is 6.33. The molecule has 1 heterocycles. The smallest absolute Gasteiger partial charge is 0.225 e. The van der Waals surface area contributed by atoms with Gasteiger partial charge in [-0.1, -0.05) is 12.1 Å². The van der Waals surface area contributed by atoms with E-state index in [1.807, 2.05) is 24.3 Å². The van der Waals surface area contributed by atoms with Crippen LogP contribution in [0.1, 0.15) is 13.3 Å². The third kappa shape index (κ3) is 3.23. The number of amides is 2. The van der Waals surface area contributed by atoms with Crippen molar-refractivity contribution in [3.63, 3.8) is 0 Å². The van der Waals surface area contributed by atoms with Gasteiger partial charge in [0.2, 0.25) is 11.8 Å². The molecule has 1 atom stereocenters. The molecule has 0 saturated carbocycles. The van der Waals surface area contributed by atoms with Gasteiger partial charge >= 0.3 is 0 Å². The molecule has 0 radical (unpaired) electrons. The van der Waals surface area contributed by atoms with Crippen molar-refractivity contribution in [2.45, 2.75) is 23.5 Å². The van der Waals surface area contributed by atoms with Crippen molar-refractivity contribution in [2.75, 3.05) is 11.9 Å². The predicted octanol–water partition coefficient (Wildman–Crippen LogP) is 1.63. The van der Waals surface area contributed by atoms with Crippen LogP contribution in [0.4, 0.5) is 5.69 Å². The topological polar surface area (TPSA) is 58.2 Å². The Morgan fingerprint density at radius 1 is 1.53 bits per heavy atom. The van der Waals surface area contributed by atoms with E-state index >= 15 is 0 Å². The van der Waals surface area contributed by atoms with Gasteiger partial charge < -0.3 is 10.6 Å². The Balaban J connectivity index is 2.12. The molecule has 5 heteroatoms. The van der Waals surface area contributed by atoms with Crippen LogP contribution in [0.2, 0.25) is 0 Å². The van der Waals surface area contributed by atoms with Crippen molar-refractivity contribution >= 4 is 29.3 Å². The molecule has 1 aromatic rings. The first kappa shape index (κ1) is 12.0. The van der Waals surface area contributed by atoms with Gasteiger partial charge in [0, 0.05) is 30.0 Å². The van der Waals surface area contributed by atoms with E-state index in [0.29, 0.717) is 13.0 Å². The molecular weight excluding hydrogens is 236 g/mol. The van der Waals surface area contributed by atoms with Crippen molar-refractivity contribution < 1.29 is 9.59 Å². The molecule has 2 N–H and O–H groups in total. The van der Waals surface area contributed by atoms with Crippen LogP contribution in [-0.2, 0) is 9.59 Å². The predicted molar refractivity (Wildman–Crippen MR) is 68.0 cm³/mol. The molecular formula is C12H14N2O2S. The van der Waals surface area contributed by atoms with Gasteiger partial charge in [-0.15, -0.1) is 11.8 Å². The van der Waals surface area contributed by atoms with Gasteiger partial charge in [-0.25, -0.2) is 0 Å². The summed E-state index contributed by atoms with van der Waals surface area (Å²) in [6.45, 7) is 2.00. The number of benzene rings is 1. The van der Waals surface area contributed by atoms with E-state index < -0.39 is 0 Å². The fourth-order valence-corrected chi connectivity index (χ4v) is 2.84. The first-order valence-electron chi connectivity index (χ1n) is 5.45. The van der Waals surface area contributed by atoms with Crippen molar-refractivity contribution in [3.05, 3.63) is 24.3 Å². The normalized spacial score (nSPS) is 18.9. The van der Waals surface area contributed by atoms with Gasteiger partial charge in [0.25, 0.3) is 0 Å². The second kappa shape index (κ2) is 5.23. The van der Waals surface area contributed by atoms with Crippen LogP contribution in [-0.4, -0.2) is 23.6 Å². The van der Waals surface area contributed by atoms with E-state index in [9.17, 15) is 9.59 Å². The molecule has 0 fully saturated rings. The number of nitrogens with one attached hydrogen (secondary N) is 2. The molecule has 0 bridgehead atoms. The summed E-state index contributed by atoms with van der Waals surface area (Å²) < 4.78 is 0. The van der Waals surface area contributed by atoms with Crippen LogP contribution in [0.5, 0.6) is 0 Å². The number of fused-ring (bicyclic) bond motifs is 1. The quantitative estimate of drug-likeness (QED) is 0.838. The molecule has 1 aliphatic rings. The number of hydrogen-bond acceptors (Lipinski definition) is 3. The van der Waals surface area contributed by atoms with E-state index in [-0.39, 0.29) is 17.1 Å². The van der Waals surface area contributed by atoms with Crippen LogP contribution in [0.3, 0.4) is 0 Å². The maximum absolute atomic E-state index is 11.7. The maximum atomic E-state index is 11.7. The highest BCUT2D eigenvalue weighted by atomic mass is 32.2. The molecule has 2 rings (SSSR count). The number of hydrogen-bond donors (Lipinski definition) is 2. The monoisotopic (exact) mass is 250 g/mol. The number of anilines is 1. The van der Waals surface area contributed by atoms with Gasteiger partial charge in [-0.05, 0) is 12.1 Å². The number of rotatable bonds is 2. The SMILES string of the molecule is CC(=O)NCC1CC(=O)Nc2ccccc2S1. The lowest BCUT2D eigenvalue weighted by Gasteiger charge is -2.12. The zero-order valence-corrected chi connectivity index (χ0v) is 10.3. The standard InChI is InChI=1S/C12H14N2O2S/c1-8(15)13-7-9-6-12(16)14-10-4-2-3-5-11(10)17-9/h2-5,9H,6-7H2,1H3,(H,13,15)(H,14,16). The summed E-state index contributed by atoms with van der Waals surface area (Å²) in [6.07, 6.45) is 0.416. The highest BCUT2D eigenvalue weighted by Gasteiger charge is 2.21. The lowest BCUT2D eigenvalue weighted by molar-refractivity contribution is -0.119. The minimum absolute atomic E-state index is 0.00204. The van der Waals surface area contributed by atoms with Crippen LogP contribution in [0, 0.1) is 0 Å². The average Bonchev–Trinajstić information content (AvgIpc) is 2.43. The van der Waals surface area contributed by atoms with Crippen molar-refractivity contribution in [1.82, 2.24) is 5.32 Å². The average molecular weight is 250 g/mol. The number of thioether (sulfide) groups is 1. The molecule has 90 valence electrons. The minimum atomic E-state index is -0.0662. The maximum Gasteiger partial charge on any atom is 0.225 e. The van der Waals surface area contributed by atoms with Crippen molar-refractivity contribution in [3.8, 4) is 0 Å². The highest BCUT2D eigenvalue weighted by molar-refractivity contribution is 8.00. The molecule has 4 nitrogen and oxygen atoms in total. The van der Waals surface area contributed by atoms with Gasteiger partial charge in [0.15, 0.2) is 0 Å². The minimum Gasteiger partial charge on any atom is -0.355 e. The lowest BCUT2D eigenvalue weighted by Crippen LogP contribution is -2.30. The summed E-state index contributed by atoms with van der Waals surface area (Å²) in [5, 5.41) is 5.71. The van der Waals surface area contributed by atoms with Crippen molar-refractivity contribution in [2.24, 2.45) is 0 Å². The Morgan fingerprint density at radius 3 is 3.06 bits per heavy atom. The largest absolute Gasteiger partial charge is 0.355 e. The molecule has 1 unspecified atom stereocenters. The molecule has 17 heavy (non-hydrogen) atoms. The van der Waals surface area contributed by atoms with Crippen molar-refractivity contribution in [1.29, 1.82) is 0 Å². The Labute approximate surface area is 104 Å². The number of carbonyl (C=O) groups is 2. The molecule has 0 aliphatic carbocycles. The summed E-state index contributed by atoms with van der Waals surface area (Å²) in [4.78, 5) is 23.6. The van der Waals surface area contributed by atoms with Crippen LogP contribution in [0.25, 0.3) is 0 Å². The molecule has 1 aromatic carbocycles. The molecule has 0 saturated heterocycles. The van der Waals surface area contributed by atoms with Gasteiger partial charge in [-0.2, -0.15) is 0 Å². The molecule has 1 aliphatic heterocycles. The second-order valence-electron chi connectivity index (χ2n) is 3.93. The summed E-state index contributed by atoms with van der Waals surface area (Å²) in [6, 6.07) is 7.71. The molecule has 2 amide bonds. The Morgan fingerprint density at radius 2 is 2.29 bits per heavy atom. The first-order chi connectivity index (χ1) is 8.15. The van der Waals surface area contributed by atoms with Gasteiger partial charge in [-0.3, -0.25) is 9.59 Å². The fraction of sp³-hybridized carbons (Fsp3) is 0.333. The van der Waals surface area contributed by atoms with Gasteiger partial charge in [0.05, 0.1) is 5.69 Å². The Hall–Kier alpha value is -1.49. The molecule has 0 spiro atoms. The summed E-state index contributed by atoms with van der Waals surface area (Å²) in [5.41, 5.74) is 0.854. The summed E-state index contributed by atoms with van der Waals surface area (Å²) >= 11 is 1.63. The zero-order chi connectivity index (χ0) is 12.3. The van der Waals surface area contributed by atoms with E-state index in [4.69, 9.17) is 0 Å². The van der Waals surface area contributed by atoms with Crippen LogP contribution in [0.15, 0.2) is 29.2 Å². The third-order valence-electron chi connectivity index (χ3n) is 2.45. The van der Waals surface area contributed by atoms with E-state index in [0.717, 1.165) is 10.6 Å². The third-order valence-corrected chi connectivity index (χ3v) is 3.72. The summed E-state index contributed by atoms with van der Waals surface area (Å²) in [7, 11) is 0. The number of carbonyl (C=O) groups excluding carboxylic acids is 2. The number of para-hydroxylation sites is 1. The Kier molecular flexibility index (Phi) is 3.68. The van der Waals surface area contributed by atoms with Crippen LogP contribution < -0.4 is 10.6 Å².